The van der Waals surface area contributed by atoms with E-state index < -0.39 is 0 Å². The summed E-state index contributed by atoms with van der Waals surface area (Å²) < 4.78 is 1.81. The lowest BCUT2D eigenvalue weighted by Gasteiger charge is -2.03. The fourth-order valence-electron chi connectivity index (χ4n) is 2.19. The number of amides is 1. The van der Waals surface area contributed by atoms with Gasteiger partial charge in [-0.05, 0) is 30.7 Å². The molecule has 3 rings (SSSR count). The van der Waals surface area contributed by atoms with E-state index in [9.17, 15) is 4.79 Å². The van der Waals surface area contributed by atoms with E-state index >= 15 is 0 Å². The first kappa shape index (κ1) is 14.1. The van der Waals surface area contributed by atoms with E-state index in [-0.39, 0.29) is 5.91 Å². The summed E-state index contributed by atoms with van der Waals surface area (Å²) in [7, 11) is 1.89. The van der Waals surface area contributed by atoms with Crippen LogP contribution in [0.3, 0.4) is 0 Å². The highest BCUT2D eigenvalue weighted by Gasteiger charge is 2.14. The van der Waals surface area contributed by atoms with Crippen molar-refractivity contribution in [3.8, 4) is 0 Å². The largest absolute Gasteiger partial charge is 0.347 e. The zero-order valence-electron chi connectivity index (χ0n) is 11.7. The summed E-state index contributed by atoms with van der Waals surface area (Å²) in [6.07, 6.45) is 0. The van der Waals surface area contributed by atoms with Crippen molar-refractivity contribution < 1.29 is 4.79 Å². The highest BCUT2D eigenvalue weighted by Crippen LogP contribution is 2.27. The lowest BCUT2D eigenvalue weighted by Crippen LogP contribution is -2.21. The van der Waals surface area contributed by atoms with Gasteiger partial charge >= 0.3 is 0 Å². The molecule has 4 nitrogen and oxygen atoms in total. The van der Waals surface area contributed by atoms with Crippen molar-refractivity contribution in [2.45, 2.75) is 13.5 Å². The average molecular weight is 320 g/mol. The Morgan fingerprint density at radius 2 is 2.10 bits per heavy atom. The fraction of sp³-hybridized carbons (Fsp3) is 0.200. The topological polar surface area (TPSA) is 46.9 Å². The predicted molar refractivity (Wildman–Crippen MR) is 86.0 cm³/mol. The van der Waals surface area contributed by atoms with Crippen LogP contribution in [0.5, 0.6) is 0 Å². The van der Waals surface area contributed by atoms with Gasteiger partial charge in [0.25, 0.3) is 5.91 Å². The monoisotopic (exact) mass is 319 g/mol. The van der Waals surface area contributed by atoms with E-state index in [0.29, 0.717) is 16.4 Å². The molecule has 3 aromatic rings. The third-order valence-electron chi connectivity index (χ3n) is 3.29. The second-order valence-electron chi connectivity index (χ2n) is 4.85. The third kappa shape index (κ3) is 2.80. The van der Waals surface area contributed by atoms with Gasteiger partial charge in [0.2, 0.25) is 0 Å². The SMILES string of the molecule is Cc1nn(C)c2sc(C(=O)NCc3ccc(Cl)cc3)cc12. The van der Waals surface area contributed by atoms with Gasteiger partial charge in [0.05, 0.1) is 10.6 Å². The van der Waals surface area contributed by atoms with Crippen LogP contribution in [-0.2, 0) is 13.6 Å². The molecule has 0 saturated carbocycles. The van der Waals surface area contributed by atoms with Crippen molar-refractivity contribution in [3.63, 3.8) is 0 Å². The second-order valence-corrected chi connectivity index (χ2v) is 6.31. The van der Waals surface area contributed by atoms with Crippen LogP contribution in [0.2, 0.25) is 5.02 Å². The Morgan fingerprint density at radius 3 is 2.76 bits per heavy atom. The number of carbonyl (C=O) groups excluding carboxylic acids is 1. The number of halogens is 1. The molecule has 1 aromatic carbocycles. The van der Waals surface area contributed by atoms with E-state index in [0.717, 1.165) is 21.5 Å². The van der Waals surface area contributed by atoms with E-state index in [2.05, 4.69) is 10.4 Å². The van der Waals surface area contributed by atoms with E-state index in [1.807, 2.05) is 49.0 Å². The minimum atomic E-state index is -0.0643. The normalized spacial score (nSPS) is 11.0. The maximum atomic E-state index is 12.2. The molecule has 0 saturated heterocycles. The number of thiophene rings is 1. The van der Waals surface area contributed by atoms with Crippen LogP contribution in [0.4, 0.5) is 0 Å². The van der Waals surface area contributed by atoms with Crippen molar-refractivity contribution in [3.05, 3.63) is 51.5 Å². The number of aryl methyl sites for hydroxylation is 2. The number of hydrogen-bond donors (Lipinski definition) is 1. The van der Waals surface area contributed by atoms with Crippen LogP contribution in [0.1, 0.15) is 20.9 Å². The third-order valence-corrected chi connectivity index (χ3v) is 4.74. The zero-order valence-corrected chi connectivity index (χ0v) is 13.3. The van der Waals surface area contributed by atoms with Gasteiger partial charge in [-0.15, -0.1) is 11.3 Å². The van der Waals surface area contributed by atoms with Gasteiger partial charge in [0.1, 0.15) is 4.83 Å². The minimum Gasteiger partial charge on any atom is -0.347 e. The molecule has 1 N–H and O–H groups in total. The zero-order chi connectivity index (χ0) is 15.0. The standard InChI is InChI=1S/C15H14ClN3OS/c1-9-12-7-13(21-15(12)19(2)18-9)14(20)17-8-10-3-5-11(16)6-4-10/h3-7H,8H2,1-2H3,(H,17,20). The highest BCUT2D eigenvalue weighted by molar-refractivity contribution is 7.20. The quantitative estimate of drug-likeness (QED) is 0.803. The second kappa shape index (κ2) is 5.50. The average Bonchev–Trinajstić information content (AvgIpc) is 3.01. The molecule has 108 valence electrons. The van der Waals surface area contributed by atoms with Gasteiger partial charge in [0.15, 0.2) is 0 Å². The number of hydrogen-bond acceptors (Lipinski definition) is 3. The molecule has 0 aliphatic heterocycles. The molecule has 0 bridgehead atoms. The van der Waals surface area contributed by atoms with Crippen molar-refractivity contribution in [1.29, 1.82) is 0 Å². The van der Waals surface area contributed by atoms with E-state index in [4.69, 9.17) is 11.6 Å². The number of benzene rings is 1. The number of aromatic nitrogens is 2. The molecular weight excluding hydrogens is 306 g/mol. The maximum absolute atomic E-state index is 12.2. The Labute approximate surface area is 131 Å². The number of nitrogens with zero attached hydrogens (tertiary/aromatic N) is 2. The van der Waals surface area contributed by atoms with Gasteiger partial charge in [0, 0.05) is 24.0 Å². The molecule has 0 spiro atoms. The van der Waals surface area contributed by atoms with Crippen LogP contribution < -0.4 is 5.32 Å². The Bertz CT molecular complexity index is 770. The van der Waals surface area contributed by atoms with Crippen LogP contribution in [0.25, 0.3) is 10.2 Å². The summed E-state index contributed by atoms with van der Waals surface area (Å²) in [5.74, 6) is -0.0643. The first-order chi connectivity index (χ1) is 10.0. The lowest BCUT2D eigenvalue weighted by atomic mass is 10.2. The summed E-state index contributed by atoms with van der Waals surface area (Å²) in [5.41, 5.74) is 1.97. The molecular formula is C15H14ClN3OS. The Morgan fingerprint density at radius 1 is 1.38 bits per heavy atom. The molecule has 0 atom stereocenters. The van der Waals surface area contributed by atoms with Crippen molar-refractivity contribution in [2.24, 2.45) is 7.05 Å². The van der Waals surface area contributed by atoms with Gasteiger partial charge in [-0.3, -0.25) is 9.48 Å². The van der Waals surface area contributed by atoms with Crippen LogP contribution >= 0.6 is 22.9 Å². The minimum absolute atomic E-state index is 0.0643. The molecule has 6 heteroatoms. The summed E-state index contributed by atoms with van der Waals surface area (Å²) in [5, 5.41) is 8.99. The molecule has 0 aliphatic carbocycles. The summed E-state index contributed by atoms with van der Waals surface area (Å²) >= 11 is 7.30. The number of rotatable bonds is 3. The van der Waals surface area contributed by atoms with Crippen LogP contribution in [0.15, 0.2) is 30.3 Å². The van der Waals surface area contributed by atoms with Crippen LogP contribution in [0, 0.1) is 6.92 Å². The Balaban J connectivity index is 1.74. The van der Waals surface area contributed by atoms with Gasteiger partial charge in [-0.2, -0.15) is 5.10 Å². The van der Waals surface area contributed by atoms with Crippen molar-refractivity contribution in [1.82, 2.24) is 15.1 Å². The van der Waals surface area contributed by atoms with Crippen LogP contribution in [-0.4, -0.2) is 15.7 Å². The lowest BCUT2D eigenvalue weighted by molar-refractivity contribution is 0.0955. The summed E-state index contributed by atoms with van der Waals surface area (Å²) in [6, 6.07) is 9.35. The molecule has 0 radical (unpaired) electrons. The van der Waals surface area contributed by atoms with E-state index in [1.165, 1.54) is 11.3 Å². The van der Waals surface area contributed by atoms with Gasteiger partial charge < -0.3 is 5.32 Å². The first-order valence-electron chi connectivity index (χ1n) is 6.50. The van der Waals surface area contributed by atoms with Crippen molar-refractivity contribution >= 4 is 39.1 Å². The number of fused-ring (bicyclic) bond motifs is 1. The van der Waals surface area contributed by atoms with Gasteiger partial charge in [-0.25, -0.2) is 0 Å². The van der Waals surface area contributed by atoms with Crippen molar-refractivity contribution in [2.75, 3.05) is 0 Å². The Kier molecular flexibility index (Phi) is 3.69. The van der Waals surface area contributed by atoms with E-state index in [1.54, 1.807) is 0 Å². The molecule has 2 aromatic heterocycles. The smallest absolute Gasteiger partial charge is 0.261 e. The molecule has 0 unspecified atom stereocenters. The van der Waals surface area contributed by atoms with Gasteiger partial charge in [-0.1, -0.05) is 23.7 Å². The summed E-state index contributed by atoms with van der Waals surface area (Å²) in [4.78, 5) is 13.9. The molecule has 2 heterocycles. The Hall–Kier alpha value is -1.85. The molecule has 21 heavy (non-hydrogen) atoms. The molecule has 1 amide bonds. The molecule has 0 aliphatic rings. The molecule has 0 fully saturated rings. The summed E-state index contributed by atoms with van der Waals surface area (Å²) in [6.45, 7) is 2.44. The fourth-order valence-corrected chi connectivity index (χ4v) is 3.35. The predicted octanol–water partition coefficient (Wildman–Crippen LogP) is 3.53. The maximum Gasteiger partial charge on any atom is 0.261 e. The number of carbonyl (C=O) groups is 1. The first-order valence-corrected chi connectivity index (χ1v) is 7.70. The highest BCUT2D eigenvalue weighted by atomic mass is 35.5. The number of nitrogens with one attached hydrogen (secondary N) is 1.